The Labute approximate surface area is 76.5 Å². The Morgan fingerprint density at radius 2 is 1.92 bits per heavy atom. The molecule has 0 aliphatic carbocycles. The summed E-state index contributed by atoms with van der Waals surface area (Å²) in [6, 6.07) is 3.18. The van der Waals surface area contributed by atoms with Crippen LogP contribution < -0.4 is 11.5 Å². The summed E-state index contributed by atoms with van der Waals surface area (Å²) in [6.45, 7) is 1.83. The van der Waals surface area contributed by atoms with Gasteiger partial charge in [0.25, 0.3) is 0 Å². The Kier molecular flexibility index (Phi) is 2.41. The molecule has 0 atom stereocenters. The Morgan fingerprint density at radius 1 is 1.31 bits per heavy atom. The van der Waals surface area contributed by atoms with E-state index in [4.69, 9.17) is 11.5 Å². The van der Waals surface area contributed by atoms with Crippen molar-refractivity contribution in [2.24, 2.45) is 0 Å². The van der Waals surface area contributed by atoms with E-state index in [2.05, 4.69) is 4.74 Å². The maximum absolute atomic E-state index is 11.1. The number of hydrogen-bond donors (Lipinski definition) is 2. The smallest absolute Gasteiger partial charge is 0.340 e. The first-order chi connectivity index (χ1) is 6.06. The van der Waals surface area contributed by atoms with Gasteiger partial charge in [0.05, 0.1) is 12.7 Å². The normalized spacial score (nSPS) is 9.69. The van der Waals surface area contributed by atoms with Crippen molar-refractivity contribution in [1.82, 2.24) is 0 Å². The SMILES string of the molecule is COC(=O)c1cc(N)c(C)cc1N. The van der Waals surface area contributed by atoms with Crippen LogP contribution in [0.15, 0.2) is 12.1 Å². The summed E-state index contributed by atoms with van der Waals surface area (Å²) in [5.74, 6) is -0.468. The fraction of sp³-hybridized carbons (Fsp3) is 0.222. The molecule has 0 unspecified atom stereocenters. The number of esters is 1. The second-order valence-electron chi connectivity index (χ2n) is 2.79. The maximum atomic E-state index is 11.1. The molecule has 4 heteroatoms. The highest BCUT2D eigenvalue weighted by Crippen LogP contribution is 2.20. The van der Waals surface area contributed by atoms with Gasteiger partial charge in [0.1, 0.15) is 0 Å². The predicted octanol–water partition coefficient (Wildman–Crippen LogP) is 0.946. The lowest BCUT2D eigenvalue weighted by atomic mass is 10.1. The highest BCUT2D eigenvalue weighted by molar-refractivity contribution is 5.96. The molecule has 0 radical (unpaired) electrons. The van der Waals surface area contributed by atoms with Gasteiger partial charge in [0, 0.05) is 11.4 Å². The average molecular weight is 180 g/mol. The van der Waals surface area contributed by atoms with Crippen molar-refractivity contribution in [3.8, 4) is 0 Å². The molecule has 0 saturated heterocycles. The molecule has 1 rings (SSSR count). The fourth-order valence-corrected chi connectivity index (χ4v) is 1.03. The molecule has 0 bridgehead atoms. The molecule has 0 spiro atoms. The first kappa shape index (κ1) is 9.38. The van der Waals surface area contributed by atoms with Crippen LogP contribution in [-0.4, -0.2) is 13.1 Å². The van der Waals surface area contributed by atoms with Gasteiger partial charge in [0.2, 0.25) is 0 Å². The van der Waals surface area contributed by atoms with E-state index in [0.29, 0.717) is 16.9 Å². The summed E-state index contributed by atoms with van der Waals surface area (Å²) < 4.78 is 4.54. The third-order valence-electron chi connectivity index (χ3n) is 1.84. The van der Waals surface area contributed by atoms with Gasteiger partial charge >= 0.3 is 5.97 Å². The number of methoxy groups -OCH3 is 1. The standard InChI is InChI=1S/C9H12N2O2/c1-5-3-8(11)6(4-7(5)10)9(12)13-2/h3-4H,10-11H2,1-2H3. The molecule has 0 aliphatic rings. The highest BCUT2D eigenvalue weighted by atomic mass is 16.5. The summed E-state index contributed by atoms with van der Waals surface area (Å²) in [6.07, 6.45) is 0. The van der Waals surface area contributed by atoms with Crippen LogP contribution in [0.3, 0.4) is 0 Å². The number of nitrogen functional groups attached to an aromatic ring is 2. The molecular weight excluding hydrogens is 168 g/mol. The molecule has 4 N–H and O–H groups in total. The predicted molar refractivity (Wildman–Crippen MR) is 51.3 cm³/mol. The van der Waals surface area contributed by atoms with E-state index in [1.165, 1.54) is 13.2 Å². The number of carbonyl (C=O) groups is 1. The molecule has 4 nitrogen and oxygen atoms in total. The molecule has 0 fully saturated rings. The van der Waals surface area contributed by atoms with E-state index in [0.717, 1.165) is 5.56 Å². The molecule has 0 aromatic heterocycles. The van der Waals surface area contributed by atoms with E-state index >= 15 is 0 Å². The minimum Gasteiger partial charge on any atom is -0.465 e. The van der Waals surface area contributed by atoms with Gasteiger partial charge in [-0.15, -0.1) is 0 Å². The number of benzene rings is 1. The van der Waals surface area contributed by atoms with Crippen molar-refractivity contribution >= 4 is 17.3 Å². The monoisotopic (exact) mass is 180 g/mol. The second-order valence-corrected chi connectivity index (χ2v) is 2.79. The third-order valence-corrected chi connectivity index (χ3v) is 1.84. The number of ether oxygens (including phenoxy) is 1. The number of anilines is 2. The maximum Gasteiger partial charge on any atom is 0.340 e. The minimum absolute atomic E-state index is 0.311. The van der Waals surface area contributed by atoms with Gasteiger partial charge in [-0.05, 0) is 24.6 Å². The lowest BCUT2D eigenvalue weighted by Crippen LogP contribution is -2.07. The van der Waals surface area contributed by atoms with E-state index in [-0.39, 0.29) is 0 Å². The average Bonchev–Trinajstić information content (AvgIpc) is 2.10. The third kappa shape index (κ3) is 1.72. The van der Waals surface area contributed by atoms with Gasteiger partial charge in [-0.1, -0.05) is 0 Å². The molecule has 70 valence electrons. The molecule has 13 heavy (non-hydrogen) atoms. The van der Waals surface area contributed by atoms with Gasteiger partial charge in [-0.3, -0.25) is 0 Å². The largest absolute Gasteiger partial charge is 0.465 e. The number of carbonyl (C=O) groups excluding carboxylic acids is 1. The molecular formula is C9H12N2O2. The van der Waals surface area contributed by atoms with Crippen LogP contribution in [0.2, 0.25) is 0 Å². The van der Waals surface area contributed by atoms with E-state index in [9.17, 15) is 4.79 Å². The van der Waals surface area contributed by atoms with Crippen molar-refractivity contribution in [1.29, 1.82) is 0 Å². The van der Waals surface area contributed by atoms with Crippen molar-refractivity contribution in [3.63, 3.8) is 0 Å². The van der Waals surface area contributed by atoms with Crippen molar-refractivity contribution in [2.75, 3.05) is 18.6 Å². The minimum atomic E-state index is -0.468. The Bertz CT molecular complexity index is 348. The number of aryl methyl sites for hydroxylation is 1. The number of rotatable bonds is 1. The van der Waals surface area contributed by atoms with E-state index in [1.807, 2.05) is 6.92 Å². The zero-order valence-electron chi connectivity index (χ0n) is 7.63. The van der Waals surface area contributed by atoms with Crippen molar-refractivity contribution < 1.29 is 9.53 Å². The summed E-state index contributed by atoms with van der Waals surface area (Å²) in [5.41, 5.74) is 13.3. The lowest BCUT2D eigenvalue weighted by Gasteiger charge is -2.06. The Morgan fingerprint density at radius 3 is 2.46 bits per heavy atom. The van der Waals surface area contributed by atoms with Crippen LogP contribution in [0.1, 0.15) is 15.9 Å². The van der Waals surface area contributed by atoms with Gasteiger partial charge in [0.15, 0.2) is 0 Å². The van der Waals surface area contributed by atoms with Gasteiger partial charge in [-0.25, -0.2) is 4.79 Å². The van der Waals surface area contributed by atoms with Crippen LogP contribution in [0.4, 0.5) is 11.4 Å². The van der Waals surface area contributed by atoms with Crippen LogP contribution in [0.25, 0.3) is 0 Å². The molecule has 1 aromatic carbocycles. The number of hydrogen-bond acceptors (Lipinski definition) is 4. The Balaban J connectivity index is 3.23. The van der Waals surface area contributed by atoms with Gasteiger partial charge in [-0.2, -0.15) is 0 Å². The summed E-state index contributed by atoms with van der Waals surface area (Å²) >= 11 is 0. The summed E-state index contributed by atoms with van der Waals surface area (Å²) in [4.78, 5) is 11.1. The Hall–Kier alpha value is -1.71. The van der Waals surface area contributed by atoms with Crippen LogP contribution in [-0.2, 0) is 4.74 Å². The van der Waals surface area contributed by atoms with E-state index in [1.54, 1.807) is 6.07 Å². The highest BCUT2D eigenvalue weighted by Gasteiger charge is 2.11. The van der Waals surface area contributed by atoms with Crippen molar-refractivity contribution in [2.45, 2.75) is 6.92 Å². The molecule has 0 saturated carbocycles. The zero-order chi connectivity index (χ0) is 10.0. The van der Waals surface area contributed by atoms with E-state index < -0.39 is 5.97 Å². The zero-order valence-corrected chi connectivity index (χ0v) is 7.63. The topological polar surface area (TPSA) is 78.3 Å². The molecule has 0 amide bonds. The molecule has 1 aromatic rings. The van der Waals surface area contributed by atoms with Crippen LogP contribution >= 0.6 is 0 Å². The first-order valence-electron chi connectivity index (χ1n) is 3.80. The summed E-state index contributed by atoms with van der Waals surface area (Å²) in [5, 5.41) is 0. The van der Waals surface area contributed by atoms with Gasteiger partial charge < -0.3 is 16.2 Å². The molecule has 0 heterocycles. The number of nitrogens with two attached hydrogens (primary N) is 2. The van der Waals surface area contributed by atoms with Crippen LogP contribution in [0.5, 0.6) is 0 Å². The lowest BCUT2D eigenvalue weighted by molar-refractivity contribution is 0.0602. The van der Waals surface area contributed by atoms with Crippen LogP contribution in [0, 0.1) is 6.92 Å². The fourth-order valence-electron chi connectivity index (χ4n) is 1.03. The molecule has 0 aliphatic heterocycles. The second kappa shape index (κ2) is 3.35. The quantitative estimate of drug-likeness (QED) is 0.498. The first-order valence-corrected chi connectivity index (χ1v) is 3.80. The van der Waals surface area contributed by atoms with Crippen molar-refractivity contribution in [3.05, 3.63) is 23.3 Å². The summed E-state index contributed by atoms with van der Waals surface area (Å²) in [7, 11) is 1.30.